The van der Waals surface area contributed by atoms with Gasteiger partial charge in [0.25, 0.3) is 0 Å². The van der Waals surface area contributed by atoms with Gasteiger partial charge in [-0.2, -0.15) is 5.26 Å². The molecule has 86 valence electrons. The van der Waals surface area contributed by atoms with Gasteiger partial charge in [0.2, 0.25) is 0 Å². The maximum absolute atomic E-state index is 13.1. The second-order valence-electron chi connectivity index (χ2n) is 2.84. The molecule has 0 aliphatic rings. The molecule has 0 aromatic heterocycles. The molecule has 0 saturated heterocycles. The number of nitrogens with zero attached hydrogens (tertiary/aromatic N) is 1. The van der Waals surface area contributed by atoms with E-state index in [4.69, 9.17) is 5.26 Å². The van der Waals surface area contributed by atoms with Gasteiger partial charge in [0, 0.05) is 6.26 Å². The minimum Gasteiger partial charge on any atom is -0.224 e. The number of nitriles is 1. The summed E-state index contributed by atoms with van der Waals surface area (Å²) >= 11 is 0. The maximum atomic E-state index is 13.1. The first-order valence-electron chi connectivity index (χ1n) is 3.68. The second kappa shape index (κ2) is 3.75. The predicted molar refractivity (Wildman–Crippen MR) is 44.1 cm³/mol. The summed E-state index contributed by atoms with van der Waals surface area (Å²) in [5.41, 5.74) is -1.38. The van der Waals surface area contributed by atoms with Gasteiger partial charge >= 0.3 is 0 Å². The van der Waals surface area contributed by atoms with Gasteiger partial charge < -0.3 is 0 Å². The molecule has 0 heterocycles. The standard InChI is InChI=1S/C8H3F4NO2S/c1-16(14,15)8-3(2-13)4(9)5(10)6(11)7(8)12/h1H3. The highest BCUT2D eigenvalue weighted by Crippen LogP contribution is 2.27. The zero-order chi connectivity index (χ0) is 12.7. The van der Waals surface area contributed by atoms with Crippen LogP contribution in [0, 0.1) is 34.6 Å². The Balaban J connectivity index is 3.97. The molecule has 8 heteroatoms. The summed E-state index contributed by atoms with van der Waals surface area (Å²) in [6.45, 7) is 0. The molecule has 0 fully saturated rings. The zero-order valence-corrected chi connectivity index (χ0v) is 8.50. The Morgan fingerprint density at radius 3 is 1.81 bits per heavy atom. The fourth-order valence-corrected chi connectivity index (χ4v) is 1.98. The van der Waals surface area contributed by atoms with Crippen molar-refractivity contribution < 1.29 is 26.0 Å². The van der Waals surface area contributed by atoms with Crippen molar-refractivity contribution in [1.29, 1.82) is 5.26 Å². The van der Waals surface area contributed by atoms with Crippen LogP contribution in [0.5, 0.6) is 0 Å². The van der Waals surface area contributed by atoms with Gasteiger partial charge in [-0.25, -0.2) is 26.0 Å². The quantitative estimate of drug-likeness (QED) is 0.330. The summed E-state index contributed by atoms with van der Waals surface area (Å²) in [7, 11) is -4.38. The number of hydrogen-bond donors (Lipinski definition) is 0. The zero-order valence-electron chi connectivity index (χ0n) is 7.68. The van der Waals surface area contributed by atoms with Gasteiger partial charge in [0.05, 0.1) is 0 Å². The Morgan fingerprint density at radius 1 is 1.00 bits per heavy atom. The molecule has 0 N–H and O–H groups in total. The van der Waals surface area contributed by atoms with E-state index in [-0.39, 0.29) is 0 Å². The van der Waals surface area contributed by atoms with E-state index in [2.05, 4.69) is 0 Å². The summed E-state index contributed by atoms with van der Waals surface area (Å²) in [6.07, 6.45) is 0.447. The van der Waals surface area contributed by atoms with Gasteiger partial charge in [-0.15, -0.1) is 0 Å². The minimum atomic E-state index is -4.38. The topological polar surface area (TPSA) is 57.9 Å². The van der Waals surface area contributed by atoms with Crippen LogP contribution in [0.25, 0.3) is 0 Å². The van der Waals surface area contributed by atoms with Crippen LogP contribution in [0.4, 0.5) is 17.6 Å². The van der Waals surface area contributed by atoms with Crippen LogP contribution in [0.1, 0.15) is 5.56 Å². The molecule has 0 atom stereocenters. The van der Waals surface area contributed by atoms with Gasteiger partial charge in [0.1, 0.15) is 16.5 Å². The molecule has 0 spiro atoms. The van der Waals surface area contributed by atoms with Crippen molar-refractivity contribution in [3.8, 4) is 6.07 Å². The van der Waals surface area contributed by atoms with E-state index in [0.29, 0.717) is 6.26 Å². The lowest BCUT2D eigenvalue weighted by Gasteiger charge is -2.06. The summed E-state index contributed by atoms with van der Waals surface area (Å²) in [5.74, 6) is -8.61. The average molecular weight is 253 g/mol. The summed E-state index contributed by atoms with van der Waals surface area (Å²) < 4.78 is 73.4. The molecule has 1 rings (SSSR count). The van der Waals surface area contributed by atoms with Gasteiger partial charge in [-0.05, 0) is 0 Å². The molecular weight excluding hydrogens is 250 g/mol. The Morgan fingerprint density at radius 2 is 1.44 bits per heavy atom. The second-order valence-corrected chi connectivity index (χ2v) is 4.80. The monoisotopic (exact) mass is 253 g/mol. The molecule has 0 unspecified atom stereocenters. The molecule has 16 heavy (non-hydrogen) atoms. The molecule has 0 saturated carbocycles. The van der Waals surface area contributed by atoms with Crippen molar-refractivity contribution in [3.05, 3.63) is 28.8 Å². The minimum absolute atomic E-state index is 0.447. The van der Waals surface area contributed by atoms with E-state index in [1.54, 1.807) is 0 Å². The van der Waals surface area contributed by atoms with Gasteiger partial charge in [-0.3, -0.25) is 0 Å². The first kappa shape index (κ1) is 12.4. The molecule has 0 aliphatic carbocycles. The van der Waals surface area contributed by atoms with E-state index in [9.17, 15) is 26.0 Å². The lowest BCUT2D eigenvalue weighted by molar-refractivity contribution is 0.394. The molecule has 1 aromatic rings. The van der Waals surface area contributed by atoms with E-state index in [0.717, 1.165) is 6.07 Å². The summed E-state index contributed by atoms with van der Waals surface area (Å²) in [6, 6.07) is 0.978. The fraction of sp³-hybridized carbons (Fsp3) is 0.125. The smallest absolute Gasteiger partial charge is 0.198 e. The molecule has 0 aliphatic heterocycles. The van der Waals surface area contributed by atoms with Crippen molar-refractivity contribution in [2.45, 2.75) is 4.90 Å². The van der Waals surface area contributed by atoms with Crippen molar-refractivity contribution >= 4 is 9.84 Å². The van der Waals surface area contributed by atoms with E-state index >= 15 is 0 Å². The molecule has 1 aromatic carbocycles. The lowest BCUT2D eigenvalue weighted by Crippen LogP contribution is -2.11. The van der Waals surface area contributed by atoms with Crippen LogP contribution in [-0.2, 0) is 9.84 Å². The highest BCUT2D eigenvalue weighted by atomic mass is 32.2. The van der Waals surface area contributed by atoms with Crippen molar-refractivity contribution in [2.75, 3.05) is 6.26 Å². The molecule has 0 bridgehead atoms. The van der Waals surface area contributed by atoms with Crippen LogP contribution in [0.3, 0.4) is 0 Å². The number of rotatable bonds is 1. The van der Waals surface area contributed by atoms with Crippen LogP contribution in [0.2, 0.25) is 0 Å². The normalized spacial score (nSPS) is 11.2. The Kier molecular flexibility index (Phi) is 2.92. The number of hydrogen-bond acceptors (Lipinski definition) is 3. The van der Waals surface area contributed by atoms with Crippen LogP contribution < -0.4 is 0 Å². The van der Waals surface area contributed by atoms with Crippen LogP contribution in [-0.4, -0.2) is 14.7 Å². The first-order chi connectivity index (χ1) is 7.21. The van der Waals surface area contributed by atoms with Crippen molar-refractivity contribution in [3.63, 3.8) is 0 Å². The third kappa shape index (κ3) is 1.74. The number of benzene rings is 1. The highest BCUT2D eigenvalue weighted by molar-refractivity contribution is 7.90. The lowest BCUT2D eigenvalue weighted by atomic mass is 10.2. The largest absolute Gasteiger partial charge is 0.224 e. The van der Waals surface area contributed by atoms with Crippen LogP contribution in [0.15, 0.2) is 4.90 Å². The average Bonchev–Trinajstić information content (AvgIpc) is 2.18. The maximum Gasteiger partial charge on any atom is 0.198 e. The Labute approximate surface area is 87.8 Å². The van der Waals surface area contributed by atoms with Crippen LogP contribution >= 0.6 is 0 Å². The van der Waals surface area contributed by atoms with Gasteiger partial charge in [0.15, 0.2) is 33.1 Å². The number of sulfone groups is 1. The third-order valence-corrected chi connectivity index (χ3v) is 2.83. The van der Waals surface area contributed by atoms with E-state index in [1.807, 2.05) is 0 Å². The van der Waals surface area contributed by atoms with Crippen molar-refractivity contribution in [2.24, 2.45) is 0 Å². The van der Waals surface area contributed by atoms with Gasteiger partial charge in [-0.1, -0.05) is 0 Å². The Hall–Kier alpha value is -1.62. The Bertz CT molecular complexity index is 604. The molecule has 0 radical (unpaired) electrons. The van der Waals surface area contributed by atoms with E-state index < -0.39 is 43.6 Å². The highest BCUT2D eigenvalue weighted by Gasteiger charge is 2.30. The molecular formula is C8H3F4NO2S. The first-order valence-corrected chi connectivity index (χ1v) is 5.57. The summed E-state index contributed by atoms with van der Waals surface area (Å²) in [4.78, 5) is -1.48. The molecule has 0 amide bonds. The fourth-order valence-electron chi connectivity index (χ4n) is 1.06. The van der Waals surface area contributed by atoms with Crippen molar-refractivity contribution in [1.82, 2.24) is 0 Å². The SMILES string of the molecule is CS(=O)(=O)c1c(F)c(F)c(F)c(F)c1C#N. The molecule has 3 nitrogen and oxygen atoms in total. The predicted octanol–water partition coefficient (Wildman–Crippen LogP) is 1.52. The number of halogens is 4. The third-order valence-electron chi connectivity index (χ3n) is 1.71. The summed E-state index contributed by atoms with van der Waals surface area (Å²) in [5, 5.41) is 8.39. The van der Waals surface area contributed by atoms with E-state index in [1.165, 1.54) is 0 Å².